The molecular formula is C75H120O6. The Morgan fingerprint density at radius 1 is 0.259 bits per heavy atom. The van der Waals surface area contributed by atoms with Gasteiger partial charge in [0.25, 0.3) is 0 Å². The zero-order valence-corrected chi connectivity index (χ0v) is 52.2. The molecule has 0 aliphatic heterocycles. The van der Waals surface area contributed by atoms with Crippen LogP contribution in [0.5, 0.6) is 0 Å². The Hall–Kier alpha value is -4.97. The van der Waals surface area contributed by atoms with Crippen molar-refractivity contribution in [3.05, 3.63) is 158 Å². The minimum absolute atomic E-state index is 0.103. The van der Waals surface area contributed by atoms with E-state index in [2.05, 4.69) is 179 Å². The van der Waals surface area contributed by atoms with E-state index in [0.29, 0.717) is 19.3 Å². The van der Waals surface area contributed by atoms with Gasteiger partial charge in [-0.05, 0) is 148 Å². The van der Waals surface area contributed by atoms with Gasteiger partial charge in [-0.2, -0.15) is 0 Å². The minimum atomic E-state index is -0.807. The molecule has 81 heavy (non-hydrogen) atoms. The summed E-state index contributed by atoms with van der Waals surface area (Å²) < 4.78 is 16.9. The highest BCUT2D eigenvalue weighted by molar-refractivity contribution is 5.71. The highest BCUT2D eigenvalue weighted by atomic mass is 16.6. The predicted molar refractivity (Wildman–Crippen MR) is 352 cm³/mol. The zero-order valence-electron chi connectivity index (χ0n) is 52.2. The van der Waals surface area contributed by atoms with E-state index >= 15 is 0 Å². The Labute approximate surface area is 499 Å². The summed E-state index contributed by atoms with van der Waals surface area (Å²) in [5, 5.41) is 0. The molecule has 0 spiro atoms. The van der Waals surface area contributed by atoms with Crippen LogP contribution in [0.3, 0.4) is 0 Å². The molecule has 1 atom stereocenters. The molecule has 0 N–H and O–H groups in total. The largest absolute Gasteiger partial charge is 0.462 e. The van der Waals surface area contributed by atoms with Crippen LogP contribution in [0.2, 0.25) is 0 Å². The zero-order chi connectivity index (χ0) is 58.5. The van der Waals surface area contributed by atoms with E-state index in [-0.39, 0.29) is 31.1 Å². The van der Waals surface area contributed by atoms with Crippen LogP contribution in [-0.2, 0) is 28.6 Å². The molecule has 456 valence electrons. The monoisotopic (exact) mass is 1120 g/mol. The number of allylic oxidation sites excluding steroid dienone is 26. The van der Waals surface area contributed by atoms with Crippen molar-refractivity contribution < 1.29 is 28.6 Å². The van der Waals surface area contributed by atoms with Crippen LogP contribution < -0.4 is 0 Å². The van der Waals surface area contributed by atoms with Crippen molar-refractivity contribution in [3.8, 4) is 0 Å². The van der Waals surface area contributed by atoms with Gasteiger partial charge in [-0.3, -0.25) is 14.4 Å². The summed E-state index contributed by atoms with van der Waals surface area (Å²) >= 11 is 0. The molecule has 0 aliphatic carbocycles. The normalized spacial score (nSPS) is 13.2. The fraction of sp³-hybridized carbons (Fsp3) is 0.613. The standard InChI is InChI=1S/C75H120O6/c1-4-7-10-13-16-19-22-25-28-30-31-32-33-34-35-36-37-38-39-40-41-42-43-44-45-46-48-50-53-56-59-62-65-68-74(77)80-71-72(70-79-73(76)67-64-61-58-55-52-49-27-24-21-18-15-12-9-6-3)81-75(78)69-66-63-60-57-54-51-47-29-26-23-20-17-14-11-8-5-2/h7,10,15-16,18-20,23-25,27-29,31-32,34-35,37-38,40-41,43-44,46-48,72H,4-6,8-9,11-14,17,21-22,26,30,33,36,39,42,45,49-71H2,1-3H3/b10-7-,18-15-,19-16-,23-20-,27-24-,28-25-,32-31-,35-34-,38-37-,41-40-,44-43-,47-29-,48-46-. The lowest BCUT2D eigenvalue weighted by Crippen LogP contribution is -2.30. The Bertz CT molecular complexity index is 1810. The van der Waals surface area contributed by atoms with E-state index in [9.17, 15) is 14.4 Å². The Kier molecular flexibility index (Phi) is 63.4. The molecule has 0 aromatic rings. The van der Waals surface area contributed by atoms with Gasteiger partial charge in [0.05, 0.1) is 0 Å². The minimum Gasteiger partial charge on any atom is -0.462 e. The summed E-state index contributed by atoms with van der Waals surface area (Å²) in [6.07, 6.45) is 98.2. The number of hydrogen-bond acceptors (Lipinski definition) is 6. The second kappa shape index (κ2) is 67.5. The van der Waals surface area contributed by atoms with Crippen molar-refractivity contribution in [2.45, 2.75) is 284 Å². The fourth-order valence-corrected chi connectivity index (χ4v) is 8.54. The van der Waals surface area contributed by atoms with Crippen LogP contribution in [0.4, 0.5) is 0 Å². The lowest BCUT2D eigenvalue weighted by atomic mass is 10.1. The summed E-state index contributed by atoms with van der Waals surface area (Å²) in [6, 6.07) is 0. The number of rotatable bonds is 58. The van der Waals surface area contributed by atoms with E-state index < -0.39 is 6.10 Å². The van der Waals surface area contributed by atoms with Gasteiger partial charge < -0.3 is 14.2 Å². The van der Waals surface area contributed by atoms with Crippen LogP contribution in [-0.4, -0.2) is 37.2 Å². The highest BCUT2D eigenvalue weighted by Gasteiger charge is 2.19. The number of esters is 3. The lowest BCUT2D eigenvalue weighted by Gasteiger charge is -2.18. The molecule has 0 heterocycles. The van der Waals surface area contributed by atoms with Gasteiger partial charge in [-0.1, -0.05) is 269 Å². The number of ether oxygens (including phenoxy) is 3. The van der Waals surface area contributed by atoms with Gasteiger partial charge in [0.1, 0.15) is 13.2 Å². The molecule has 0 aliphatic rings. The van der Waals surface area contributed by atoms with Gasteiger partial charge in [0, 0.05) is 19.3 Å². The van der Waals surface area contributed by atoms with Crippen molar-refractivity contribution >= 4 is 17.9 Å². The van der Waals surface area contributed by atoms with Crippen molar-refractivity contribution in [3.63, 3.8) is 0 Å². The molecule has 0 aromatic heterocycles. The Balaban J connectivity index is 4.37. The summed E-state index contributed by atoms with van der Waals surface area (Å²) in [7, 11) is 0. The van der Waals surface area contributed by atoms with Crippen molar-refractivity contribution in [1.29, 1.82) is 0 Å². The third-order valence-electron chi connectivity index (χ3n) is 13.5. The molecule has 0 rings (SSSR count). The molecule has 6 heteroatoms. The lowest BCUT2D eigenvalue weighted by molar-refractivity contribution is -0.167. The summed E-state index contributed by atoms with van der Waals surface area (Å²) in [4.78, 5) is 38.3. The Morgan fingerprint density at radius 3 is 0.790 bits per heavy atom. The topological polar surface area (TPSA) is 78.9 Å². The number of carbonyl (C=O) groups is 3. The maximum absolute atomic E-state index is 12.9. The fourth-order valence-electron chi connectivity index (χ4n) is 8.54. The number of carbonyl (C=O) groups excluding carboxylic acids is 3. The predicted octanol–water partition coefficient (Wildman–Crippen LogP) is 22.9. The van der Waals surface area contributed by atoms with Gasteiger partial charge >= 0.3 is 17.9 Å². The number of hydrogen-bond donors (Lipinski definition) is 0. The van der Waals surface area contributed by atoms with Gasteiger partial charge in [-0.15, -0.1) is 0 Å². The quantitative estimate of drug-likeness (QED) is 0.0261. The molecule has 0 aromatic carbocycles. The van der Waals surface area contributed by atoms with Crippen LogP contribution in [0, 0.1) is 0 Å². The molecule has 0 saturated carbocycles. The first kappa shape index (κ1) is 76.0. The average molecular weight is 1120 g/mol. The first-order chi connectivity index (χ1) is 40.0. The SMILES string of the molecule is CC/C=C\C/C=C\C/C=C\C/C=C\C/C=C\C/C=C\C/C=C\C/C=C\C/C=C\CCCCCCCC(=O)OCC(COC(=O)CCCCCCC/C=C\C/C=C\CCCC)OC(=O)CCCCCCC/C=C\C/C=C\CCCCCC. The second-order valence-corrected chi connectivity index (χ2v) is 21.3. The molecule has 0 saturated heterocycles. The van der Waals surface area contributed by atoms with Crippen LogP contribution >= 0.6 is 0 Å². The summed E-state index contributed by atoms with van der Waals surface area (Å²) in [5.74, 6) is -0.951. The van der Waals surface area contributed by atoms with Gasteiger partial charge in [0.15, 0.2) is 6.10 Å². The molecular weight excluding hydrogens is 997 g/mol. The highest BCUT2D eigenvalue weighted by Crippen LogP contribution is 2.14. The van der Waals surface area contributed by atoms with Crippen molar-refractivity contribution in [2.75, 3.05) is 13.2 Å². The second-order valence-electron chi connectivity index (χ2n) is 21.3. The maximum atomic E-state index is 12.9. The molecule has 0 radical (unpaired) electrons. The molecule has 0 amide bonds. The summed E-state index contributed by atoms with van der Waals surface area (Å²) in [5.41, 5.74) is 0. The number of unbranched alkanes of at least 4 members (excludes halogenated alkanes) is 21. The van der Waals surface area contributed by atoms with E-state index in [1.807, 2.05) is 0 Å². The van der Waals surface area contributed by atoms with Crippen molar-refractivity contribution in [2.24, 2.45) is 0 Å². The maximum Gasteiger partial charge on any atom is 0.306 e. The molecule has 6 nitrogen and oxygen atoms in total. The van der Waals surface area contributed by atoms with Crippen LogP contribution in [0.1, 0.15) is 278 Å². The third-order valence-corrected chi connectivity index (χ3v) is 13.5. The third kappa shape index (κ3) is 65.7. The van der Waals surface area contributed by atoms with Crippen LogP contribution in [0.25, 0.3) is 0 Å². The van der Waals surface area contributed by atoms with E-state index in [1.165, 1.54) is 51.4 Å². The molecule has 1 unspecified atom stereocenters. The first-order valence-corrected chi connectivity index (χ1v) is 33.0. The van der Waals surface area contributed by atoms with Gasteiger partial charge in [-0.25, -0.2) is 0 Å². The van der Waals surface area contributed by atoms with Crippen molar-refractivity contribution in [1.82, 2.24) is 0 Å². The molecule has 0 bridgehead atoms. The smallest absolute Gasteiger partial charge is 0.306 e. The van der Waals surface area contributed by atoms with Crippen LogP contribution in [0.15, 0.2) is 158 Å². The average Bonchev–Trinajstić information content (AvgIpc) is 3.47. The van der Waals surface area contributed by atoms with E-state index in [1.54, 1.807) is 0 Å². The first-order valence-electron chi connectivity index (χ1n) is 33.0. The van der Waals surface area contributed by atoms with E-state index in [4.69, 9.17) is 14.2 Å². The Morgan fingerprint density at radius 2 is 0.494 bits per heavy atom. The van der Waals surface area contributed by atoms with Gasteiger partial charge in [0.2, 0.25) is 0 Å². The summed E-state index contributed by atoms with van der Waals surface area (Å²) in [6.45, 7) is 6.43. The van der Waals surface area contributed by atoms with E-state index in [0.717, 1.165) is 186 Å². The molecule has 0 fully saturated rings.